The number of aryl methyl sites for hydroxylation is 2. The van der Waals surface area contributed by atoms with E-state index in [1.165, 1.54) is 0 Å². The molecule has 2 aromatic rings. The van der Waals surface area contributed by atoms with E-state index in [4.69, 9.17) is 17.8 Å². The molecule has 0 radical (unpaired) electrons. The van der Waals surface area contributed by atoms with Crippen LogP contribution in [0.15, 0.2) is 58.3 Å². The first-order valence-electron chi connectivity index (χ1n) is 13.0. The molecule has 2 heterocycles. The molecule has 212 valence electrons. The van der Waals surface area contributed by atoms with Crippen LogP contribution in [0.3, 0.4) is 0 Å². The fraction of sp³-hybridized carbons (Fsp3) is 0.571. The highest BCUT2D eigenvalue weighted by Crippen LogP contribution is 2.27. The highest BCUT2D eigenvalue weighted by atomic mass is 32.2. The predicted octanol–water partition coefficient (Wildman–Crippen LogP) is 5.31. The molecule has 0 aliphatic carbocycles. The summed E-state index contributed by atoms with van der Waals surface area (Å²) in [4.78, 5) is 0.426. The van der Waals surface area contributed by atoms with E-state index in [1.807, 2.05) is 41.5 Å². The van der Waals surface area contributed by atoms with Gasteiger partial charge in [0.15, 0.2) is 0 Å². The van der Waals surface area contributed by atoms with Crippen LogP contribution in [0.4, 0.5) is 0 Å². The van der Waals surface area contributed by atoms with Crippen molar-refractivity contribution in [1.82, 2.24) is 0 Å². The summed E-state index contributed by atoms with van der Waals surface area (Å²) in [7, 11) is -7.36. The summed E-state index contributed by atoms with van der Waals surface area (Å²) >= 11 is 0. The SMILES string of the molecule is Cc1ccc(S(=O)(=O)OC2C[C@@H](C)O[C@H](C)C2)cc1.Cc1ccc(S(=O)(=O)OC2C[C@H](C)O[C@@H](C)C2)cc1. The molecule has 2 aliphatic rings. The Labute approximate surface area is 227 Å². The van der Waals surface area contributed by atoms with Crippen molar-refractivity contribution >= 4 is 20.2 Å². The van der Waals surface area contributed by atoms with Gasteiger partial charge in [-0.05, 0) is 65.8 Å². The van der Waals surface area contributed by atoms with Crippen molar-refractivity contribution in [1.29, 1.82) is 0 Å². The average Bonchev–Trinajstić information content (AvgIpc) is 2.78. The zero-order valence-electron chi connectivity index (χ0n) is 23.0. The maximum atomic E-state index is 12.2. The topological polar surface area (TPSA) is 105 Å². The molecule has 0 bridgehead atoms. The van der Waals surface area contributed by atoms with Gasteiger partial charge >= 0.3 is 0 Å². The van der Waals surface area contributed by atoms with E-state index in [1.54, 1.807) is 48.5 Å². The first-order valence-corrected chi connectivity index (χ1v) is 15.9. The van der Waals surface area contributed by atoms with Crippen LogP contribution in [-0.4, -0.2) is 53.5 Å². The summed E-state index contributed by atoms with van der Waals surface area (Å²) in [6, 6.07) is 13.4. The molecule has 0 N–H and O–H groups in total. The van der Waals surface area contributed by atoms with Gasteiger partial charge in [-0.3, -0.25) is 8.37 Å². The number of hydrogen-bond donors (Lipinski definition) is 0. The molecule has 4 atom stereocenters. The Hall–Kier alpha value is -1.82. The smallest absolute Gasteiger partial charge is 0.297 e. The standard InChI is InChI=1S/2C14H20O4S/c2*1-10-4-6-14(7-5-10)19(15,16)18-13-8-11(2)17-12(3)9-13/h2*4-7,11-13H,8-9H2,1-3H3/t2*11-,12-/m10/s1. The monoisotopic (exact) mass is 568 g/mol. The maximum absolute atomic E-state index is 12.2. The van der Waals surface area contributed by atoms with E-state index in [0.29, 0.717) is 25.7 Å². The van der Waals surface area contributed by atoms with Gasteiger partial charge in [-0.25, -0.2) is 0 Å². The van der Waals surface area contributed by atoms with E-state index in [0.717, 1.165) is 11.1 Å². The second-order valence-corrected chi connectivity index (χ2v) is 13.6. The van der Waals surface area contributed by atoms with E-state index in [-0.39, 0.29) is 46.4 Å². The Morgan fingerprint density at radius 3 is 1.08 bits per heavy atom. The molecule has 0 saturated carbocycles. The molecule has 0 unspecified atom stereocenters. The van der Waals surface area contributed by atoms with Gasteiger partial charge < -0.3 is 9.47 Å². The Morgan fingerprint density at radius 1 is 0.553 bits per heavy atom. The lowest BCUT2D eigenvalue weighted by Gasteiger charge is -2.31. The Balaban J connectivity index is 0.000000211. The predicted molar refractivity (Wildman–Crippen MR) is 145 cm³/mol. The van der Waals surface area contributed by atoms with Gasteiger partial charge in [0.2, 0.25) is 0 Å². The lowest BCUT2D eigenvalue weighted by molar-refractivity contribution is -0.0712. The second-order valence-electron chi connectivity index (χ2n) is 10.4. The maximum Gasteiger partial charge on any atom is 0.297 e. The number of hydrogen-bond acceptors (Lipinski definition) is 8. The summed E-state index contributed by atoms with van der Waals surface area (Å²) < 4.78 is 70.5. The Morgan fingerprint density at radius 2 is 0.816 bits per heavy atom. The van der Waals surface area contributed by atoms with Gasteiger partial charge in [0.05, 0.1) is 46.4 Å². The van der Waals surface area contributed by atoms with Crippen molar-refractivity contribution in [2.45, 2.75) is 114 Å². The van der Waals surface area contributed by atoms with Crippen LogP contribution >= 0.6 is 0 Å². The number of rotatable bonds is 6. The summed E-state index contributed by atoms with van der Waals surface area (Å²) in [5.74, 6) is 0. The summed E-state index contributed by atoms with van der Waals surface area (Å²) in [5.41, 5.74) is 2.04. The van der Waals surface area contributed by atoms with Gasteiger partial charge in [0, 0.05) is 25.7 Å². The molecule has 8 nitrogen and oxygen atoms in total. The van der Waals surface area contributed by atoms with Crippen LogP contribution in [-0.2, 0) is 38.1 Å². The van der Waals surface area contributed by atoms with Gasteiger partial charge in [-0.15, -0.1) is 0 Å². The van der Waals surface area contributed by atoms with Crippen molar-refractivity contribution in [2.75, 3.05) is 0 Å². The first kappa shape index (κ1) is 30.7. The van der Waals surface area contributed by atoms with Crippen LogP contribution < -0.4 is 0 Å². The van der Waals surface area contributed by atoms with Gasteiger partial charge in [-0.1, -0.05) is 35.4 Å². The normalized spacial score (nSPS) is 28.3. The Kier molecular flexibility index (Phi) is 10.5. The minimum atomic E-state index is -3.68. The molecule has 2 aromatic carbocycles. The molecular formula is C28H40O8S2. The molecule has 0 spiro atoms. The zero-order valence-corrected chi connectivity index (χ0v) is 24.6. The molecule has 2 fully saturated rings. The highest BCUT2D eigenvalue weighted by Gasteiger charge is 2.31. The van der Waals surface area contributed by atoms with Crippen molar-refractivity contribution < 1.29 is 34.7 Å². The van der Waals surface area contributed by atoms with Gasteiger partial charge in [0.1, 0.15) is 0 Å². The van der Waals surface area contributed by atoms with Crippen molar-refractivity contribution in [3.05, 3.63) is 59.7 Å². The largest absolute Gasteiger partial charge is 0.375 e. The fourth-order valence-electron chi connectivity index (χ4n) is 4.73. The van der Waals surface area contributed by atoms with Gasteiger partial charge in [0.25, 0.3) is 20.2 Å². The van der Waals surface area contributed by atoms with E-state index in [2.05, 4.69) is 0 Å². The summed E-state index contributed by atoms with van der Waals surface area (Å²) in [6.07, 6.45) is 1.94. The lowest BCUT2D eigenvalue weighted by Crippen LogP contribution is -2.35. The molecule has 10 heteroatoms. The highest BCUT2D eigenvalue weighted by molar-refractivity contribution is 7.87. The lowest BCUT2D eigenvalue weighted by atomic mass is 10.0. The minimum Gasteiger partial charge on any atom is -0.375 e. The summed E-state index contributed by atoms with van der Waals surface area (Å²) in [5, 5.41) is 0. The van der Waals surface area contributed by atoms with Crippen LogP contribution in [0, 0.1) is 13.8 Å². The van der Waals surface area contributed by atoms with Crippen LogP contribution in [0.1, 0.15) is 64.5 Å². The Bertz CT molecular complexity index is 1120. The molecular weight excluding hydrogens is 528 g/mol. The van der Waals surface area contributed by atoms with Crippen molar-refractivity contribution in [3.8, 4) is 0 Å². The number of ether oxygens (including phenoxy) is 2. The fourth-order valence-corrected chi connectivity index (χ4v) is 6.92. The van der Waals surface area contributed by atoms with E-state index >= 15 is 0 Å². The number of benzene rings is 2. The average molecular weight is 569 g/mol. The zero-order chi connectivity index (χ0) is 28.1. The molecule has 38 heavy (non-hydrogen) atoms. The third kappa shape index (κ3) is 9.14. The summed E-state index contributed by atoms with van der Waals surface area (Å²) in [6.45, 7) is 11.6. The molecule has 4 rings (SSSR count). The quantitative estimate of drug-likeness (QED) is 0.432. The van der Waals surface area contributed by atoms with E-state index < -0.39 is 20.2 Å². The minimum absolute atomic E-state index is 0.0296. The van der Waals surface area contributed by atoms with Gasteiger partial charge in [-0.2, -0.15) is 16.8 Å². The van der Waals surface area contributed by atoms with Crippen molar-refractivity contribution in [2.24, 2.45) is 0 Å². The van der Waals surface area contributed by atoms with Crippen molar-refractivity contribution in [3.63, 3.8) is 0 Å². The molecule has 0 aromatic heterocycles. The molecule has 2 aliphatic heterocycles. The van der Waals surface area contributed by atoms with Crippen LogP contribution in [0.25, 0.3) is 0 Å². The van der Waals surface area contributed by atoms with E-state index in [9.17, 15) is 16.8 Å². The first-order chi connectivity index (χ1) is 17.7. The molecule has 0 amide bonds. The molecule has 2 saturated heterocycles. The van der Waals surface area contributed by atoms with Crippen LogP contribution in [0.2, 0.25) is 0 Å². The third-order valence-electron chi connectivity index (χ3n) is 6.45. The third-order valence-corrected chi connectivity index (χ3v) is 9.20. The second kappa shape index (κ2) is 13.0. The van der Waals surface area contributed by atoms with Crippen LogP contribution in [0.5, 0.6) is 0 Å².